The first-order valence-corrected chi connectivity index (χ1v) is 11.2. The van der Waals surface area contributed by atoms with Gasteiger partial charge >= 0.3 is 0 Å². The highest BCUT2D eigenvalue weighted by atomic mass is 35.5. The average Bonchev–Trinajstić information content (AvgIpc) is 3.08. The van der Waals surface area contributed by atoms with Crippen molar-refractivity contribution >= 4 is 29.2 Å². The lowest BCUT2D eigenvalue weighted by molar-refractivity contribution is -0.124. The Kier molecular flexibility index (Phi) is 8.06. The average molecular weight is 453 g/mol. The Morgan fingerprint density at radius 2 is 1.75 bits per heavy atom. The normalized spacial score (nSPS) is 10.9. The zero-order chi connectivity index (χ0) is 23.1. The molecule has 7 heteroatoms. The lowest BCUT2D eigenvalue weighted by Gasteiger charge is -2.12. The van der Waals surface area contributed by atoms with Gasteiger partial charge in [-0.15, -0.1) is 0 Å². The van der Waals surface area contributed by atoms with Gasteiger partial charge in [0.2, 0.25) is 11.8 Å². The smallest absolute Gasteiger partial charge is 0.226 e. The van der Waals surface area contributed by atoms with Crippen molar-refractivity contribution in [3.63, 3.8) is 0 Å². The van der Waals surface area contributed by atoms with Crippen molar-refractivity contribution in [2.24, 2.45) is 5.92 Å². The summed E-state index contributed by atoms with van der Waals surface area (Å²) in [5.74, 6) is 0.708. The van der Waals surface area contributed by atoms with Crippen LogP contribution in [-0.4, -0.2) is 28.1 Å². The van der Waals surface area contributed by atoms with E-state index in [-0.39, 0.29) is 24.7 Å². The number of rotatable bonds is 9. The molecule has 2 amide bonds. The number of aromatic nitrogens is 2. The van der Waals surface area contributed by atoms with E-state index in [9.17, 15) is 9.59 Å². The van der Waals surface area contributed by atoms with Crippen LogP contribution in [0.4, 0.5) is 5.82 Å². The highest BCUT2D eigenvalue weighted by molar-refractivity contribution is 6.30. The number of carbonyl (C=O) groups excluding carboxylic acids is 2. The fourth-order valence-electron chi connectivity index (χ4n) is 3.40. The van der Waals surface area contributed by atoms with Crippen LogP contribution in [0.25, 0.3) is 16.8 Å². The standard InChI is InChI=1S/C25H29ClN4O2/c1-17(2)14-15-27-22(31)12-13-23(32)28-25-24(19-8-5-4-6-9-19)18(3)29-30(25)21-11-7-10-20(26)16-21/h4-11,16-17H,12-15H2,1-3H3,(H,27,31)(H,28,32). The van der Waals surface area contributed by atoms with E-state index in [2.05, 4.69) is 29.6 Å². The van der Waals surface area contributed by atoms with E-state index in [1.807, 2.05) is 49.4 Å². The molecule has 1 aromatic heterocycles. The fourth-order valence-corrected chi connectivity index (χ4v) is 3.58. The lowest BCUT2D eigenvalue weighted by atomic mass is 10.1. The molecule has 0 bridgehead atoms. The third-order valence-corrected chi connectivity index (χ3v) is 5.29. The van der Waals surface area contributed by atoms with Crippen molar-refractivity contribution in [1.82, 2.24) is 15.1 Å². The molecule has 3 rings (SSSR count). The molecule has 2 aromatic carbocycles. The number of nitrogens with one attached hydrogen (secondary N) is 2. The van der Waals surface area contributed by atoms with E-state index in [0.717, 1.165) is 28.9 Å². The number of benzene rings is 2. The van der Waals surface area contributed by atoms with E-state index < -0.39 is 0 Å². The van der Waals surface area contributed by atoms with Crippen LogP contribution < -0.4 is 10.6 Å². The molecule has 0 aliphatic heterocycles. The largest absolute Gasteiger partial charge is 0.356 e. The zero-order valence-electron chi connectivity index (χ0n) is 18.7. The molecule has 0 unspecified atom stereocenters. The summed E-state index contributed by atoms with van der Waals surface area (Å²) in [7, 11) is 0. The molecule has 0 saturated heterocycles. The van der Waals surface area contributed by atoms with Crippen molar-refractivity contribution < 1.29 is 9.59 Å². The maximum atomic E-state index is 12.8. The van der Waals surface area contributed by atoms with Gasteiger partial charge in [0.1, 0.15) is 5.82 Å². The number of aryl methyl sites for hydroxylation is 1. The van der Waals surface area contributed by atoms with Crippen molar-refractivity contribution in [1.29, 1.82) is 0 Å². The predicted octanol–water partition coefficient (Wildman–Crippen LogP) is 5.38. The third-order valence-electron chi connectivity index (χ3n) is 5.06. The highest BCUT2D eigenvalue weighted by Crippen LogP contribution is 2.34. The van der Waals surface area contributed by atoms with E-state index >= 15 is 0 Å². The summed E-state index contributed by atoms with van der Waals surface area (Å²) in [5, 5.41) is 11.1. The number of carbonyl (C=O) groups is 2. The Morgan fingerprint density at radius 1 is 1.03 bits per heavy atom. The molecule has 32 heavy (non-hydrogen) atoms. The van der Waals surface area contributed by atoms with Crippen LogP contribution in [0.5, 0.6) is 0 Å². The van der Waals surface area contributed by atoms with Crippen LogP contribution in [0, 0.1) is 12.8 Å². The summed E-state index contributed by atoms with van der Waals surface area (Å²) in [6.45, 7) is 6.74. The molecule has 3 aromatic rings. The minimum Gasteiger partial charge on any atom is -0.356 e. The first kappa shape index (κ1) is 23.5. The molecular formula is C25H29ClN4O2. The Bertz CT molecular complexity index is 1080. The molecule has 0 atom stereocenters. The topological polar surface area (TPSA) is 76.0 Å². The Morgan fingerprint density at radius 3 is 2.44 bits per heavy atom. The van der Waals surface area contributed by atoms with E-state index in [0.29, 0.717) is 23.3 Å². The molecule has 0 aliphatic rings. The molecule has 1 heterocycles. The molecular weight excluding hydrogens is 424 g/mol. The molecule has 6 nitrogen and oxygen atoms in total. The van der Waals surface area contributed by atoms with Gasteiger partial charge in [-0.05, 0) is 43.0 Å². The van der Waals surface area contributed by atoms with Crippen LogP contribution in [0.1, 0.15) is 38.8 Å². The molecule has 0 spiro atoms. The van der Waals surface area contributed by atoms with Crippen molar-refractivity contribution in [3.05, 3.63) is 65.3 Å². The number of amides is 2. The van der Waals surface area contributed by atoms with Gasteiger partial charge in [-0.1, -0.05) is 61.8 Å². The number of anilines is 1. The first-order chi connectivity index (χ1) is 15.3. The van der Waals surface area contributed by atoms with Crippen LogP contribution in [0.15, 0.2) is 54.6 Å². The van der Waals surface area contributed by atoms with Gasteiger partial charge in [0.05, 0.1) is 11.4 Å². The highest BCUT2D eigenvalue weighted by Gasteiger charge is 2.20. The quantitative estimate of drug-likeness (QED) is 0.457. The molecule has 0 aliphatic carbocycles. The van der Waals surface area contributed by atoms with Gasteiger partial charge < -0.3 is 10.6 Å². The molecule has 0 fully saturated rings. The van der Waals surface area contributed by atoms with Gasteiger partial charge in [-0.2, -0.15) is 5.10 Å². The Labute approximate surface area is 194 Å². The monoisotopic (exact) mass is 452 g/mol. The summed E-state index contributed by atoms with van der Waals surface area (Å²) in [5.41, 5.74) is 3.29. The second kappa shape index (κ2) is 11.0. The van der Waals surface area contributed by atoms with Crippen LogP contribution in [0.2, 0.25) is 5.02 Å². The summed E-state index contributed by atoms with van der Waals surface area (Å²) in [6.07, 6.45) is 1.13. The number of hydrogen-bond acceptors (Lipinski definition) is 3. The Hall–Kier alpha value is -3.12. The summed E-state index contributed by atoms with van der Waals surface area (Å²) < 4.78 is 1.68. The van der Waals surface area contributed by atoms with Crippen LogP contribution in [0.3, 0.4) is 0 Å². The van der Waals surface area contributed by atoms with Crippen LogP contribution in [-0.2, 0) is 9.59 Å². The van der Waals surface area contributed by atoms with E-state index in [4.69, 9.17) is 11.6 Å². The Balaban J connectivity index is 1.82. The van der Waals surface area contributed by atoms with Gasteiger partial charge in [-0.3, -0.25) is 9.59 Å². The molecule has 0 radical (unpaired) electrons. The number of nitrogens with zero attached hydrogens (tertiary/aromatic N) is 2. The number of hydrogen-bond donors (Lipinski definition) is 2. The summed E-state index contributed by atoms with van der Waals surface area (Å²) in [6, 6.07) is 17.1. The minimum atomic E-state index is -0.246. The molecule has 0 saturated carbocycles. The van der Waals surface area contributed by atoms with Gasteiger partial charge in [0, 0.05) is 30.0 Å². The maximum Gasteiger partial charge on any atom is 0.226 e. The van der Waals surface area contributed by atoms with Crippen LogP contribution >= 0.6 is 11.6 Å². The van der Waals surface area contributed by atoms with Crippen molar-refractivity contribution in [2.45, 2.75) is 40.0 Å². The minimum absolute atomic E-state index is 0.0848. The SMILES string of the molecule is Cc1nn(-c2cccc(Cl)c2)c(NC(=O)CCC(=O)NCCC(C)C)c1-c1ccccc1. The molecule has 2 N–H and O–H groups in total. The summed E-state index contributed by atoms with van der Waals surface area (Å²) in [4.78, 5) is 24.9. The van der Waals surface area contributed by atoms with Crippen molar-refractivity contribution in [3.8, 4) is 16.8 Å². The van der Waals surface area contributed by atoms with Crippen molar-refractivity contribution in [2.75, 3.05) is 11.9 Å². The fraction of sp³-hybridized carbons (Fsp3) is 0.320. The van der Waals surface area contributed by atoms with Gasteiger partial charge in [0.15, 0.2) is 0 Å². The summed E-state index contributed by atoms with van der Waals surface area (Å²) >= 11 is 6.19. The van der Waals surface area contributed by atoms with Gasteiger partial charge in [0.25, 0.3) is 0 Å². The second-order valence-corrected chi connectivity index (χ2v) is 8.58. The van der Waals surface area contributed by atoms with E-state index in [1.54, 1.807) is 16.8 Å². The van der Waals surface area contributed by atoms with E-state index in [1.165, 1.54) is 0 Å². The zero-order valence-corrected chi connectivity index (χ0v) is 19.4. The lowest BCUT2D eigenvalue weighted by Crippen LogP contribution is -2.26. The first-order valence-electron chi connectivity index (χ1n) is 10.8. The van der Waals surface area contributed by atoms with Gasteiger partial charge in [-0.25, -0.2) is 4.68 Å². The molecule has 168 valence electrons. The number of halogens is 1. The third kappa shape index (κ3) is 6.20. The second-order valence-electron chi connectivity index (χ2n) is 8.15. The maximum absolute atomic E-state index is 12.8. The predicted molar refractivity (Wildman–Crippen MR) is 129 cm³/mol.